The van der Waals surface area contributed by atoms with E-state index in [1.54, 1.807) is 17.3 Å². The fourth-order valence-corrected chi connectivity index (χ4v) is 5.47. The van der Waals surface area contributed by atoms with Crippen molar-refractivity contribution in [2.24, 2.45) is 0 Å². The highest BCUT2D eigenvalue weighted by molar-refractivity contribution is 7.59. The van der Waals surface area contributed by atoms with Crippen LogP contribution in [0.3, 0.4) is 0 Å². The third-order valence-electron chi connectivity index (χ3n) is 6.63. The molecule has 0 radical (unpaired) electrons. The van der Waals surface area contributed by atoms with Crippen molar-refractivity contribution in [1.82, 2.24) is 14.4 Å². The monoisotopic (exact) mass is 419 g/mol. The number of piperazine rings is 1. The summed E-state index contributed by atoms with van der Waals surface area (Å²) in [6.07, 6.45) is 9.10. The van der Waals surface area contributed by atoms with Gasteiger partial charge in [0.05, 0.1) is 13.7 Å². The van der Waals surface area contributed by atoms with Crippen LogP contribution in [-0.4, -0.2) is 64.7 Å². The zero-order chi connectivity index (χ0) is 20.2. The quantitative estimate of drug-likeness (QED) is 0.552. The van der Waals surface area contributed by atoms with Crippen LogP contribution in [0.1, 0.15) is 44.9 Å². The van der Waals surface area contributed by atoms with Gasteiger partial charge in [-0.2, -0.15) is 0 Å². The Bertz CT molecular complexity index is 849. The second kappa shape index (κ2) is 9.74. The highest BCUT2D eigenvalue weighted by Crippen LogP contribution is 2.25. The molecule has 1 aromatic carbocycles. The molecule has 0 spiro atoms. The second-order valence-corrected chi connectivity index (χ2v) is 10.1. The fraction of sp³-hybridized carbons (Fsp3) is 0.682. The zero-order valence-electron chi connectivity index (χ0n) is 17.6. The molecule has 1 aliphatic carbocycles. The molecule has 1 aromatic heterocycles. The van der Waals surface area contributed by atoms with E-state index in [1.165, 1.54) is 58.3 Å². The van der Waals surface area contributed by atoms with E-state index >= 15 is 0 Å². The van der Waals surface area contributed by atoms with Crippen molar-refractivity contribution in [1.29, 1.82) is 0 Å². The third kappa shape index (κ3) is 5.11. The van der Waals surface area contributed by atoms with E-state index in [9.17, 15) is 9.69 Å². The molecule has 1 aliphatic heterocycles. The number of fused-ring (bicyclic) bond motifs is 1. The molecule has 1 saturated heterocycles. The summed E-state index contributed by atoms with van der Waals surface area (Å²) < 4.78 is 7.13. The molecule has 29 heavy (non-hydrogen) atoms. The Kier molecular flexibility index (Phi) is 7.07. The zero-order valence-corrected chi connectivity index (χ0v) is 18.4. The first-order valence-corrected chi connectivity index (χ1v) is 12.9. The van der Waals surface area contributed by atoms with E-state index in [1.807, 2.05) is 12.1 Å². The first-order valence-electron chi connectivity index (χ1n) is 11.1. The van der Waals surface area contributed by atoms with Gasteiger partial charge >= 0.3 is 5.76 Å². The molecule has 1 atom stereocenters. The molecule has 2 fully saturated rings. The maximum atomic E-state index is 12.2. The number of unbranched alkanes of at least 4 members (excludes halogenated alkanes) is 1. The first-order chi connectivity index (χ1) is 14.1. The van der Waals surface area contributed by atoms with Crippen LogP contribution in [0.25, 0.3) is 11.1 Å². The minimum atomic E-state index is -1.18. The van der Waals surface area contributed by atoms with Crippen molar-refractivity contribution in [3.05, 3.63) is 28.7 Å². The molecule has 2 heterocycles. The number of hydrogen-bond acceptors (Lipinski definition) is 5. The molecule has 6 nitrogen and oxygen atoms in total. The van der Waals surface area contributed by atoms with Gasteiger partial charge in [0, 0.05) is 44.1 Å². The van der Waals surface area contributed by atoms with E-state index < -0.39 is 8.15 Å². The average Bonchev–Trinajstić information content (AvgIpc) is 3.06. The van der Waals surface area contributed by atoms with E-state index in [2.05, 4.69) is 9.80 Å². The summed E-state index contributed by atoms with van der Waals surface area (Å²) in [5.74, 6) is -0.295. The second-order valence-electron chi connectivity index (χ2n) is 8.57. The Morgan fingerprint density at radius 3 is 2.52 bits per heavy atom. The normalized spacial score (nSPS) is 21.0. The largest absolute Gasteiger partial charge is 0.419 e. The smallest absolute Gasteiger partial charge is 0.408 e. The van der Waals surface area contributed by atoms with E-state index in [4.69, 9.17) is 4.42 Å². The molecule has 2 aromatic rings. The molecule has 4 rings (SSSR count). The fourth-order valence-electron chi connectivity index (χ4n) is 4.87. The van der Waals surface area contributed by atoms with Gasteiger partial charge in [0.1, 0.15) is 0 Å². The minimum Gasteiger partial charge on any atom is -0.408 e. The van der Waals surface area contributed by atoms with E-state index in [-0.39, 0.29) is 5.76 Å². The summed E-state index contributed by atoms with van der Waals surface area (Å²) in [6, 6.07) is 6.42. The van der Waals surface area contributed by atoms with Crippen LogP contribution < -0.4 is 11.1 Å². The Labute approximate surface area is 174 Å². The molecule has 0 amide bonds. The Morgan fingerprint density at radius 1 is 1.07 bits per heavy atom. The van der Waals surface area contributed by atoms with Gasteiger partial charge in [-0.3, -0.25) is 9.47 Å². The van der Waals surface area contributed by atoms with Gasteiger partial charge in [-0.05, 0) is 57.1 Å². The Balaban J connectivity index is 1.23. The Hall–Kier alpha value is -1.20. The summed E-state index contributed by atoms with van der Waals surface area (Å²) >= 11 is 0. The number of aromatic nitrogens is 1. The number of nitrogens with zero attached hydrogens (tertiary/aromatic N) is 3. The van der Waals surface area contributed by atoms with Gasteiger partial charge in [0.2, 0.25) is 0 Å². The van der Waals surface area contributed by atoms with Crippen LogP contribution in [0.15, 0.2) is 27.4 Å². The third-order valence-corrected chi connectivity index (χ3v) is 7.66. The molecule has 0 bridgehead atoms. The van der Waals surface area contributed by atoms with Crippen LogP contribution in [-0.2, 0) is 6.54 Å². The van der Waals surface area contributed by atoms with Crippen molar-refractivity contribution in [3.63, 3.8) is 0 Å². The van der Waals surface area contributed by atoms with Crippen LogP contribution >= 0.6 is 8.15 Å². The summed E-state index contributed by atoms with van der Waals surface area (Å²) in [7, 11) is -1.18. The van der Waals surface area contributed by atoms with Crippen LogP contribution in [0.4, 0.5) is 0 Å². The predicted molar refractivity (Wildman–Crippen MR) is 119 cm³/mol. The molecular formula is C22H34N3O3P. The summed E-state index contributed by atoms with van der Waals surface area (Å²) in [4.78, 5) is 27.3. The van der Waals surface area contributed by atoms with E-state index in [0.29, 0.717) is 12.1 Å². The van der Waals surface area contributed by atoms with Crippen LogP contribution in [0.2, 0.25) is 0 Å². The van der Waals surface area contributed by atoms with Crippen molar-refractivity contribution in [2.45, 2.75) is 57.5 Å². The number of rotatable bonds is 7. The standard InChI is InChI=1S/C22H34N3O3P/c1-29(27)19-9-10-20-21(17-19)28-22(26)25(20)12-6-5-11-23-13-15-24(16-14-23)18-7-3-2-4-8-18/h9-10,17-18,27H,2-8,11-16H2,1H3. The summed E-state index contributed by atoms with van der Waals surface area (Å²) in [5.41, 5.74) is 1.41. The first kappa shape index (κ1) is 21.0. The molecule has 7 heteroatoms. The van der Waals surface area contributed by atoms with Gasteiger partial charge in [0.25, 0.3) is 0 Å². The average molecular weight is 420 g/mol. The molecule has 1 unspecified atom stereocenters. The number of hydrogen-bond donors (Lipinski definition) is 1. The lowest BCUT2D eigenvalue weighted by atomic mass is 9.94. The van der Waals surface area contributed by atoms with Gasteiger partial charge < -0.3 is 14.2 Å². The lowest BCUT2D eigenvalue weighted by Crippen LogP contribution is -2.50. The van der Waals surface area contributed by atoms with Crippen molar-refractivity contribution in [2.75, 3.05) is 39.4 Å². The van der Waals surface area contributed by atoms with Gasteiger partial charge in [-0.15, -0.1) is 0 Å². The van der Waals surface area contributed by atoms with Gasteiger partial charge in [0.15, 0.2) is 5.58 Å². The summed E-state index contributed by atoms with van der Waals surface area (Å²) in [5, 5.41) is 0.834. The molecule has 1 N–H and O–H groups in total. The number of aryl methyl sites for hydroxylation is 1. The Morgan fingerprint density at radius 2 is 1.79 bits per heavy atom. The molecule has 2 aliphatic rings. The topological polar surface area (TPSA) is 61.9 Å². The van der Waals surface area contributed by atoms with Gasteiger partial charge in [-0.1, -0.05) is 19.3 Å². The van der Waals surface area contributed by atoms with E-state index in [0.717, 1.165) is 36.2 Å². The highest BCUT2D eigenvalue weighted by atomic mass is 31.1. The van der Waals surface area contributed by atoms with Crippen LogP contribution in [0, 0.1) is 0 Å². The highest BCUT2D eigenvalue weighted by Gasteiger charge is 2.24. The molecule has 160 valence electrons. The van der Waals surface area contributed by atoms with Gasteiger partial charge in [-0.25, -0.2) is 4.79 Å². The minimum absolute atomic E-state index is 0.295. The van der Waals surface area contributed by atoms with Crippen molar-refractivity contribution in [3.8, 4) is 0 Å². The maximum absolute atomic E-state index is 12.2. The number of oxazole rings is 1. The lowest BCUT2D eigenvalue weighted by molar-refractivity contribution is 0.0780. The SMILES string of the molecule is CP(O)c1ccc2c(c1)oc(=O)n2CCCCN1CCN(C2CCCCC2)CC1. The number of benzene rings is 1. The summed E-state index contributed by atoms with van der Waals surface area (Å²) in [6.45, 7) is 8.35. The van der Waals surface area contributed by atoms with Crippen molar-refractivity contribution >= 4 is 24.6 Å². The van der Waals surface area contributed by atoms with Crippen LogP contribution in [0.5, 0.6) is 0 Å². The molecular weight excluding hydrogens is 385 g/mol. The maximum Gasteiger partial charge on any atom is 0.419 e. The predicted octanol–water partition coefficient (Wildman–Crippen LogP) is 2.97. The lowest BCUT2D eigenvalue weighted by Gasteiger charge is -2.40. The van der Waals surface area contributed by atoms with Crippen molar-refractivity contribution < 1.29 is 9.31 Å². The molecule has 1 saturated carbocycles.